The summed E-state index contributed by atoms with van der Waals surface area (Å²) in [6, 6.07) is 14.3. The van der Waals surface area contributed by atoms with Crippen LogP contribution in [0.1, 0.15) is 22.3 Å². The van der Waals surface area contributed by atoms with E-state index in [1.165, 1.54) is 22.3 Å². The average Bonchev–Trinajstić information content (AvgIpc) is 2.47. The highest BCUT2D eigenvalue weighted by atomic mass is 16.3. The van der Waals surface area contributed by atoms with Crippen molar-refractivity contribution < 1.29 is 5.11 Å². The van der Waals surface area contributed by atoms with Crippen LogP contribution in [0.15, 0.2) is 42.5 Å². The minimum atomic E-state index is 0.377. The molecule has 3 aromatic carbocycles. The average molecular weight is 276 g/mol. The summed E-state index contributed by atoms with van der Waals surface area (Å²) in [5, 5.41) is 12.7. The summed E-state index contributed by atoms with van der Waals surface area (Å²) >= 11 is 0. The Kier molecular flexibility index (Phi) is 3.21. The molecule has 0 bridgehead atoms. The summed E-state index contributed by atoms with van der Waals surface area (Å²) in [4.78, 5) is 0. The predicted octanol–water partition coefficient (Wildman–Crippen LogP) is 5.45. The maximum Gasteiger partial charge on any atom is 0.131 e. The third-order valence-corrected chi connectivity index (χ3v) is 4.53. The lowest BCUT2D eigenvalue weighted by molar-refractivity contribution is 0.483. The monoisotopic (exact) mass is 276 g/mol. The van der Waals surface area contributed by atoms with Crippen molar-refractivity contribution in [1.82, 2.24) is 0 Å². The molecular weight excluding hydrogens is 256 g/mol. The molecule has 106 valence electrons. The fraction of sp³-hybridized carbons (Fsp3) is 0.200. The highest BCUT2D eigenvalue weighted by molar-refractivity contribution is 5.95. The van der Waals surface area contributed by atoms with Crippen molar-refractivity contribution in [2.75, 3.05) is 0 Å². The van der Waals surface area contributed by atoms with E-state index in [0.717, 1.165) is 21.9 Å². The number of fused-ring (bicyclic) bond motifs is 1. The zero-order valence-electron chi connectivity index (χ0n) is 13.0. The topological polar surface area (TPSA) is 20.2 Å². The summed E-state index contributed by atoms with van der Waals surface area (Å²) in [6.45, 7) is 8.54. The molecule has 1 nitrogen and oxygen atoms in total. The fourth-order valence-corrected chi connectivity index (χ4v) is 3.16. The van der Waals surface area contributed by atoms with Crippen LogP contribution in [0, 0.1) is 27.7 Å². The molecular formula is C20H20O. The predicted molar refractivity (Wildman–Crippen MR) is 90.0 cm³/mol. The molecule has 0 saturated heterocycles. The lowest BCUT2D eigenvalue weighted by atomic mass is 9.88. The van der Waals surface area contributed by atoms with Crippen LogP contribution >= 0.6 is 0 Å². The first-order chi connectivity index (χ1) is 10.0. The molecule has 0 aliphatic carbocycles. The van der Waals surface area contributed by atoms with E-state index in [0.29, 0.717) is 5.75 Å². The molecule has 0 saturated carbocycles. The van der Waals surface area contributed by atoms with E-state index in [1.807, 2.05) is 30.3 Å². The van der Waals surface area contributed by atoms with Crippen molar-refractivity contribution in [2.45, 2.75) is 27.7 Å². The first kappa shape index (κ1) is 13.7. The molecule has 21 heavy (non-hydrogen) atoms. The maximum absolute atomic E-state index is 10.7. The smallest absolute Gasteiger partial charge is 0.131 e. The second-order valence-corrected chi connectivity index (χ2v) is 5.82. The van der Waals surface area contributed by atoms with E-state index in [4.69, 9.17) is 0 Å². The zero-order valence-corrected chi connectivity index (χ0v) is 13.0. The molecule has 1 N–H and O–H groups in total. The Hall–Kier alpha value is -2.28. The van der Waals surface area contributed by atoms with Gasteiger partial charge < -0.3 is 5.11 Å². The summed E-state index contributed by atoms with van der Waals surface area (Å²) in [5.74, 6) is 0.377. The van der Waals surface area contributed by atoms with Gasteiger partial charge in [-0.1, -0.05) is 42.5 Å². The molecule has 0 heterocycles. The van der Waals surface area contributed by atoms with E-state index in [1.54, 1.807) is 0 Å². The van der Waals surface area contributed by atoms with E-state index < -0.39 is 0 Å². The summed E-state index contributed by atoms with van der Waals surface area (Å²) in [6.07, 6.45) is 0. The Morgan fingerprint density at radius 1 is 0.762 bits per heavy atom. The highest BCUT2D eigenvalue weighted by Gasteiger charge is 2.15. The Morgan fingerprint density at radius 3 is 2.24 bits per heavy atom. The second kappa shape index (κ2) is 4.92. The summed E-state index contributed by atoms with van der Waals surface area (Å²) < 4.78 is 0. The Balaban J connectivity index is 2.36. The molecule has 0 amide bonds. The van der Waals surface area contributed by atoms with Crippen LogP contribution < -0.4 is 0 Å². The van der Waals surface area contributed by atoms with Crippen LogP contribution in [0.2, 0.25) is 0 Å². The maximum atomic E-state index is 10.7. The van der Waals surface area contributed by atoms with Crippen molar-refractivity contribution in [3.63, 3.8) is 0 Å². The van der Waals surface area contributed by atoms with Crippen molar-refractivity contribution in [3.8, 4) is 16.9 Å². The molecule has 0 spiro atoms. The molecule has 1 heteroatoms. The van der Waals surface area contributed by atoms with Gasteiger partial charge in [0, 0.05) is 10.9 Å². The molecule has 0 aliphatic heterocycles. The van der Waals surface area contributed by atoms with Crippen molar-refractivity contribution in [3.05, 3.63) is 64.7 Å². The number of phenolic OH excluding ortho intramolecular Hbond substituents is 1. The lowest BCUT2D eigenvalue weighted by Gasteiger charge is -2.17. The van der Waals surface area contributed by atoms with Gasteiger partial charge in [0.25, 0.3) is 0 Å². The molecule has 3 rings (SSSR count). The quantitative estimate of drug-likeness (QED) is 0.627. The van der Waals surface area contributed by atoms with Crippen LogP contribution in [0.5, 0.6) is 5.75 Å². The van der Waals surface area contributed by atoms with Gasteiger partial charge in [0.15, 0.2) is 0 Å². The van der Waals surface area contributed by atoms with Crippen LogP contribution in [0.4, 0.5) is 0 Å². The number of aromatic hydroxyl groups is 1. The number of rotatable bonds is 1. The van der Waals surface area contributed by atoms with E-state index in [2.05, 4.69) is 39.8 Å². The minimum Gasteiger partial charge on any atom is -0.507 e. The van der Waals surface area contributed by atoms with Gasteiger partial charge in [-0.15, -0.1) is 0 Å². The number of phenols is 1. The van der Waals surface area contributed by atoms with Crippen molar-refractivity contribution >= 4 is 10.8 Å². The summed E-state index contributed by atoms with van der Waals surface area (Å²) in [5.41, 5.74) is 7.13. The van der Waals surface area contributed by atoms with Crippen molar-refractivity contribution in [1.29, 1.82) is 0 Å². The minimum absolute atomic E-state index is 0.377. The van der Waals surface area contributed by atoms with E-state index in [9.17, 15) is 5.11 Å². The van der Waals surface area contributed by atoms with Gasteiger partial charge in [-0.2, -0.15) is 0 Å². The Bertz CT molecular complexity index is 844. The van der Waals surface area contributed by atoms with E-state index in [-0.39, 0.29) is 0 Å². The van der Waals surface area contributed by atoms with Gasteiger partial charge in [-0.05, 0) is 60.9 Å². The van der Waals surface area contributed by atoms with Crippen LogP contribution in [0.3, 0.4) is 0 Å². The fourth-order valence-electron chi connectivity index (χ4n) is 3.16. The van der Waals surface area contributed by atoms with Crippen molar-refractivity contribution in [2.24, 2.45) is 0 Å². The molecule has 0 aliphatic rings. The number of benzene rings is 3. The first-order valence-electron chi connectivity index (χ1n) is 7.29. The van der Waals surface area contributed by atoms with Gasteiger partial charge >= 0.3 is 0 Å². The van der Waals surface area contributed by atoms with E-state index >= 15 is 0 Å². The van der Waals surface area contributed by atoms with Gasteiger partial charge in [-0.3, -0.25) is 0 Å². The van der Waals surface area contributed by atoms with Gasteiger partial charge in [-0.25, -0.2) is 0 Å². The standard InChI is InChI=1S/C20H20O/c1-12-11-13(2)19(15(4)14(12)3)18-10-9-16-7-5-6-8-17(16)20(18)21/h5-11,21H,1-4H3. The Morgan fingerprint density at radius 2 is 1.48 bits per heavy atom. The second-order valence-electron chi connectivity index (χ2n) is 5.82. The molecule has 0 aromatic heterocycles. The highest BCUT2D eigenvalue weighted by Crippen LogP contribution is 2.40. The molecule has 0 atom stereocenters. The SMILES string of the molecule is Cc1cc(C)c(-c2ccc3ccccc3c2O)c(C)c1C. The van der Waals surface area contributed by atoms with Crippen LogP contribution in [-0.4, -0.2) is 5.11 Å². The molecule has 0 radical (unpaired) electrons. The number of aryl methyl sites for hydroxylation is 2. The molecule has 3 aromatic rings. The van der Waals surface area contributed by atoms with Gasteiger partial charge in [0.1, 0.15) is 5.75 Å². The number of hydrogen-bond acceptors (Lipinski definition) is 1. The van der Waals surface area contributed by atoms with Gasteiger partial charge in [0.05, 0.1) is 0 Å². The third kappa shape index (κ3) is 2.09. The Labute approximate surface area is 125 Å². The lowest BCUT2D eigenvalue weighted by Crippen LogP contribution is -1.95. The van der Waals surface area contributed by atoms with Gasteiger partial charge in [0.2, 0.25) is 0 Å². The largest absolute Gasteiger partial charge is 0.507 e. The first-order valence-corrected chi connectivity index (χ1v) is 7.29. The third-order valence-electron chi connectivity index (χ3n) is 4.53. The summed E-state index contributed by atoms with van der Waals surface area (Å²) in [7, 11) is 0. The van der Waals surface area contributed by atoms with Crippen LogP contribution in [0.25, 0.3) is 21.9 Å². The molecule has 0 fully saturated rings. The number of hydrogen-bond donors (Lipinski definition) is 1. The molecule has 0 unspecified atom stereocenters. The van der Waals surface area contributed by atoms with Crippen LogP contribution in [-0.2, 0) is 0 Å². The zero-order chi connectivity index (χ0) is 15.1. The normalized spacial score (nSPS) is 11.0.